The number of nitriles is 2. The number of nitrogens with zero attached hydrogens (tertiary/aromatic N) is 2. The summed E-state index contributed by atoms with van der Waals surface area (Å²) < 4.78 is 5.87. The molecule has 0 spiro atoms. The molecule has 1 aromatic rings. The molecule has 0 heterocycles. The zero-order valence-electron chi connectivity index (χ0n) is 17.1. The Kier molecular flexibility index (Phi) is 7.88. The number of allylic oxidation sites excluding steroid dienone is 2. The van der Waals surface area contributed by atoms with Crippen LogP contribution in [0, 0.1) is 34.5 Å². The van der Waals surface area contributed by atoms with Gasteiger partial charge in [0.1, 0.15) is 6.10 Å². The quantitative estimate of drug-likeness (QED) is 0.455. The maximum absolute atomic E-state index is 12.6. The van der Waals surface area contributed by atoms with Crippen molar-refractivity contribution in [3.8, 4) is 12.1 Å². The van der Waals surface area contributed by atoms with E-state index in [2.05, 4.69) is 18.2 Å². The van der Waals surface area contributed by atoms with Crippen LogP contribution in [-0.4, -0.2) is 12.1 Å². The van der Waals surface area contributed by atoms with Crippen molar-refractivity contribution in [1.82, 2.24) is 0 Å². The summed E-state index contributed by atoms with van der Waals surface area (Å²) >= 11 is 0. The lowest BCUT2D eigenvalue weighted by Crippen LogP contribution is -2.29. The molecule has 2 aliphatic carbocycles. The van der Waals surface area contributed by atoms with E-state index in [1.165, 1.54) is 5.56 Å². The van der Waals surface area contributed by atoms with Crippen LogP contribution in [0.15, 0.2) is 36.4 Å². The number of esters is 1. The van der Waals surface area contributed by atoms with Crippen molar-refractivity contribution < 1.29 is 9.53 Å². The van der Waals surface area contributed by atoms with Crippen molar-refractivity contribution in [2.45, 2.75) is 76.2 Å². The van der Waals surface area contributed by atoms with Crippen molar-refractivity contribution in [3.63, 3.8) is 0 Å². The fourth-order valence-electron chi connectivity index (χ4n) is 4.76. The van der Waals surface area contributed by atoms with Gasteiger partial charge in [-0.2, -0.15) is 10.5 Å². The van der Waals surface area contributed by atoms with Gasteiger partial charge in [0, 0.05) is 6.08 Å². The molecule has 2 aliphatic rings. The first-order chi connectivity index (χ1) is 14.2. The number of carbonyl (C=O) groups excluding carboxylic acids is 1. The standard InChI is InChI=1S/C25H30N2O2/c26-17-3-1-2-4-19-5-11-23(12-6-19)25(28)29-24-15-13-22(14-16-24)21-9-7-20(18-27)8-10-21/h1,3,7-10,19,22-24H,2,4-6,11-16H2/b3-1+. The molecule has 2 fully saturated rings. The van der Waals surface area contributed by atoms with Gasteiger partial charge in [0.25, 0.3) is 0 Å². The van der Waals surface area contributed by atoms with E-state index < -0.39 is 0 Å². The van der Waals surface area contributed by atoms with Crippen molar-refractivity contribution in [2.24, 2.45) is 11.8 Å². The van der Waals surface area contributed by atoms with Crippen molar-refractivity contribution in [1.29, 1.82) is 10.5 Å². The largest absolute Gasteiger partial charge is 0.462 e. The van der Waals surface area contributed by atoms with Gasteiger partial charge in [0.15, 0.2) is 0 Å². The van der Waals surface area contributed by atoms with E-state index in [9.17, 15) is 4.79 Å². The molecule has 4 heteroatoms. The Morgan fingerprint density at radius 1 is 1.00 bits per heavy atom. The molecule has 0 N–H and O–H groups in total. The lowest BCUT2D eigenvalue weighted by molar-refractivity contribution is -0.157. The van der Waals surface area contributed by atoms with Crippen molar-refractivity contribution in [2.75, 3.05) is 0 Å². The summed E-state index contributed by atoms with van der Waals surface area (Å²) in [6, 6.07) is 12.1. The van der Waals surface area contributed by atoms with Crippen LogP contribution in [0.5, 0.6) is 0 Å². The summed E-state index contributed by atoms with van der Waals surface area (Å²) in [6.45, 7) is 0. The molecule has 0 radical (unpaired) electrons. The van der Waals surface area contributed by atoms with E-state index in [-0.39, 0.29) is 18.0 Å². The van der Waals surface area contributed by atoms with Crippen LogP contribution < -0.4 is 0 Å². The minimum Gasteiger partial charge on any atom is -0.462 e. The molecule has 0 aliphatic heterocycles. The van der Waals surface area contributed by atoms with E-state index >= 15 is 0 Å². The smallest absolute Gasteiger partial charge is 0.309 e. The monoisotopic (exact) mass is 390 g/mol. The van der Waals surface area contributed by atoms with Crippen LogP contribution in [0.4, 0.5) is 0 Å². The number of hydrogen-bond donors (Lipinski definition) is 0. The fraction of sp³-hybridized carbons (Fsp3) is 0.560. The second-order valence-electron chi connectivity index (χ2n) is 8.47. The zero-order valence-corrected chi connectivity index (χ0v) is 17.1. The molecule has 0 atom stereocenters. The fourth-order valence-corrected chi connectivity index (χ4v) is 4.76. The maximum atomic E-state index is 12.6. The van der Waals surface area contributed by atoms with Crippen LogP contribution >= 0.6 is 0 Å². The first-order valence-corrected chi connectivity index (χ1v) is 10.9. The molecule has 0 saturated heterocycles. The second kappa shape index (κ2) is 10.8. The zero-order chi connectivity index (χ0) is 20.5. The van der Waals surface area contributed by atoms with Crippen LogP contribution in [-0.2, 0) is 9.53 Å². The van der Waals surface area contributed by atoms with Crippen molar-refractivity contribution >= 4 is 5.97 Å². The highest BCUT2D eigenvalue weighted by atomic mass is 16.5. The highest BCUT2D eigenvalue weighted by Gasteiger charge is 2.30. The summed E-state index contributed by atoms with van der Waals surface area (Å²) in [5, 5.41) is 17.5. The summed E-state index contributed by atoms with van der Waals surface area (Å²) in [6.07, 6.45) is 13.6. The predicted molar refractivity (Wildman–Crippen MR) is 112 cm³/mol. The number of ether oxygens (including phenoxy) is 1. The number of carbonyl (C=O) groups is 1. The average molecular weight is 391 g/mol. The molecular formula is C25H30N2O2. The SMILES string of the molecule is N#C/C=C/CCC1CCC(C(=O)OC2CCC(c3ccc(C#N)cc3)CC2)CC1. The highest BCUT2D eigenvalue weighted by Crippen LogP contribution is 2.36. The van der Waals surface area contributed by atoms with E-state index in [0.717, 1.165) is 64.2 Å². The molecule has 0 bridgehead atoms. The van der Waals surface area contributed by atoms with Crippen LogP contribution in [0.2, 0.25) is 0 Å². The van der Waals surface area contributed by atoms with Gasteiger partial charge in [-0.25, -0.2) is 0 Å². The highest BCUT2D eigenvalue weighted by molar-refractivity contribution is 5.72. The van der Waals surface area contributed by atoms with Gasteiger partial charge < -0.3 is 4.74 Å². The summed E-state index contributed by atoms with van der Waals surface area (Å²) in [5.74, 6) is 1.25. The Balaban J connectivity index is 1.37. The lowest BCUT2D eigenvalue weighted by atomic mass is 9.79. The number of hydrogen-bond acceptors (Lipinski definition) is 4. The summed E-state index contributed by atoms with van der Waals surface area (Å²) in [4.78, 5) is 12.6. The van der Waals surface area contributed by atoms with E-state index in [0.29, 0.717) is 17.4 Å². The Hall–Kier alpha value is -2.59. The minimum absolute atomic E-state index is 0.00893. The second-order valence-corrected chi connectivity index (χ2v) is 8.47. The van der Waals surface area contributed by atoms with Crippen LogP contribution in [0.25, 0.3) is 0 Å². The third-order valence-electron chi connectivity index (χ3n) is 6.58. The molecule has 4 nitrogen and oxygen atoms in total. The normalized spacial score (nSPS) is 27.1. The molecule has 1 aromatic carbocycles. The van der Waals surface area contributed by atoms with Gasteiger partial charge in [-0.05, 0) is 93.7 Å². The summed E-state index contributed by atoms with van der Waals surface area (Å²) in [5.41, 5.74) is 1.99. The Bertz CT molecular complexity index is 769. The summed E-state index contributed by atoms with van der Waals surface area (Å²) in [7, 11) is 0. The van der Waals surface area contributed by atoms with Gasteiger partial charge in [0.05, 0.1) is 23.6 Å². The number of rotatable bonds is 6. The topological polar surface area (TPSA) is 73.9 Å². The third-order valence-corrected chi connectivity index (χ3v) is 6.58. The van der Waals surface area contributed by atoms with E-state index in [1.807, 2.05) is 24.3 Å². The Labute approximate surface area is 174 Å². The third kappa shape index (κ3) is 6.20. The van der Waals surface area contributed by atoms with Gasteiger partial charge >= 0.3 is 5.97 Å². The van der Waals surface area contributed by atoms with Gasteiger partial charge in [-0.15, -0.1) is 0 Å². The van der Waals surface area contributed by atoms with E-state index in [1.54, 1.807) is 6.08 Å². The van der Waals surface area contributed by atoms with Gasteiger partial charge in [-0.3, -0.25) is 4.79 Å². The number of benzene rings is 1. The molecule has 0 amide bonds. The van der Waals surface area contributed by atoms with Gasteiger partial charge in [-0.1, -0.05) is 18.2 Å². The van der Waals surface area contributed by atoms with E-state index in [4.69, 9.17) is 15.3 Å². The molecule has 152 valence electrons. The molecule has 0 aromatic heterocycles. The minimum atomic E-state index is 0.00893. The maximum Gasteiger partial charge on any atom is 0.309 e. The Morgan fingerprint density at radius 3 is 2.31 bits per heavy atom. The Morgan fingerprint density at radius 2 is 1.69 bits per heavy atom. The average Bonchev–Trinajstić information content (AvgIpc) is 2.78. The van der Waals surface area contributed by atoms with Crippen molar-refractivity contribution in [3.05, 3.63) is 47.5 Å². The molecule has 2 saturated carbocycles. The first-order valence-electron chi connectivity index (χ1n) is 10.9. The molecule has 0 unspecified atom stereocenters. The first kappa shape index (κ1) is 21.1. The predicted octanol–water partition coefficient (Wildman–Crippen LogP) is 5.79. The molecule has 3 rings (SSSR count). The lowest BCUT2D eigenvalue weighted by Gasteiger charge is -2.31. The van der Waals surface area contributed by atoms with Gasteiger partial charge in [0.2, 0.25) is 0 Å². The van der Waals surface area contributed by atoms with Crippen LogP contribution in [0.1, 0.15) is 81.3 Å². The van der Waals surface area contributed by atoms with Crippen LogP contribution in [0.3, 0.4) is 0 Å². The molecular weight excluding hydrogens is 360 g/mol. The molecule has 29 heavy (non-hydrogen) atoms.